The Bertz CT molecular complexity index is 608. The summed E-state index contributed by atoms with van der Waals surface area (Å²) < 4.78 is 28.5. The minimum atomic E-state index is -3.39. The minimum absolute atomic E-state index is 0.267. The highest BCUT2D eigenvalue weighted by atomic mass is 32.2. The van der Waals surface area contributed by atoms with Gasteiger partial charge in [-0.1, -0.05) is 26.0 Å². The van der Waals surface area contributed by atoms with Crippen molar-refractivity contribution in [2.45, 2.75) is 45.4 Å². The fourth-order valence-corrected chi connectivity index (χ4v) is 2.33. The predicted molar refractivity (Wildman–Crippen MR) is 92.3 cm³/mol. The molecule has 0 bridgehead atoms. The molecule has 1 amide bonds. The van der Waals surface area contributed by atoms with Crippen molar-refractivity contribution >= 4 is 15.7 Å². The molecule has 0 spiro atoms. The van der Waals surface area contributed by atoms with E-state index >= 15 is 0 Å². The fourth-order valence-electron chi connectivity index (χ4n) is 1.87. The number of rotatable bonds is 8. The van der Waals surface area contributed by atoms with E-state index in [0.717, 1.165) is 24.0 Å². The maximum atomic E-state index is 11.9. The Morgan fingerprint density at radius 1 is 1.13 bits per heavy atom. The summed E-state index contributed by atoms with van der Waals surface area (Å²) in [7, 11) is -3.39. The molecule has 0 saturated heterocycles. The summed E-state index contributed by atoms with van der Waals surface area (Å²) in [6.45, 7) is 8.18. The van der Waals surface area contributed by atoms with Crippen molar-refractivity contribution in [1.82, 2.24) is 5.32 Å². The van der Waals surface area contributed by atoms with Crippen molar-refractivity contribution in [3.63, 3.8) is 0 Å². The molecular formula is C17H27NO4S. The van der Waals surface area contributed by atoms with E-state index in [-0.39, 0.29) is 6.04 Å². The van der Waals surface area contributed by atoms with Gasteiger partial charge in [-0.15, -0.1) is 0 Å². The summed E-state index contributed by atoms with van der Waals surface area (Å²) >= 11 is 0. The molecule has 1 aromatic carbocycles. The molecule has 1 N–H and O–H groups in total. The largest absolute Gasteiger partial charge is 0.494 e. The Morgan fingerprint density at radius 3 is 2.17 bits per heavy atom. The molecule has 0 heterocycles. The average Bonchev–Trinajstić information content (AvgIpc) is 2.45. The first-order valence-corrected chi connectivity index (χ1v) is 9.78. The van der Waals surface area contributed by atoms with Crippen molar-refractivity contribution in [3.8, 4) is 5.75 Å². The Balaban J connectivity index is 2.60. The van der Waals surface area contributed by atoms with Crippen molar-refractivity contribution in [3.05, 3.63) is 29.8 Å². The number of carbonyl (C=O) groups is 1. The van der Waals surface area contributed by atoms with Gasteiger partial charge >= 0.3 is 0 Å². The van der Waals surface area contributed by atoms with Gasteiger partial charge in [0.15, 0.2) is 9.84 Å². The van der Waals surface area contributed by atoms with Crippen molar-refractivity contribution in [2.75, 3.05) is 12.9 Å². The number of amides is 1. The lowest BCUT2D eigenvalue weighted by Gasteiger charge is -2.17. The number of hydrogen-bond donors (Lipinski definition) is 1. The number of carbonyl (C=O) groups excluding carboxylic acids is 1. The third-order valence-corrected chi connectivity index (χ3v) is 5.21. The van der Waals surface area contributed by atoms with Gasteiger partial charge in [-0.25, -0.2) is 8.42 Å². The monoisotopic (exact) mass is 341 g/mol. The van der Waals surface area contributed by atoms with E-state index in [2.05, 4.69) is 19.2 Å². The maximum absolute atomic E-state index is 11.9. The minimum Gasteiger partial charge on any atom is -0.494 e. The molecule has 23 heavy (non-hydrogen) atoms. The molecule has 2 unspecified atom stereocenters. The molecular weight excluding hydrogens is 314 g/mol. The molecule has 130 valence electrons. The summed E-state index contributed by atoms with van der Waals surface area (Å²) in [4.78, 5) is 11.9. The summed E-state index contributed by atoms with van der Waals surface area (Å²) in [5.74, 6) is 0.899. The molecule has 0 aromatic heterocycles. The summed E-state index contributed by atoms with van der Waals surface area (Å²) in [6.07, 6.45) is 2.06. The predicted octanol–water partition coefficient (Wildman–Crippen LogP) is 2.72. The van der Waals surface area contributed by atoms with Crippen LogP contribution < -0.4 is 10.1 Å². The maximum Gasteiger partial charge on any atom is 0.238 e. The van der Waals surface area contributed by atoms with Gasteiger partial charge in [0.1, 0.15) is 11.0 Å². The first-order valence-electron chi connectivity index (χ1n) is 7.83. The van der Waals surface area contributed by atoms with Crippen LogP contribution in [-0.2, 0) is 14.6 Å². The quantitative estimate of drug-likeness (QED) is 0.789. The average molecular weight is 341 g/mol. The SMILES string of the molecule is CC(C)CCOc1ccc(C(C)NC(=O)C(C)S(C)(=O)=O)cc1. The van der Waals surface area contributed by atoms with E-state index in [9.17, 15) is 13.2 Å². The van der Waals surface area contributed by atoms with Gasteiger partial charge in [0, 0.05) is 6.26 Å². The molecule has 1 rings (SSSR count). The van der Waals surface area contributed by atoms with E-state index in [1.807, 2.05) is 31.2 Å². The Kier molecular flexibility index (Phi) is 7.06. The summed E-state index contributed by atoms with van der Waals surface area (Å²) in [5, 5.41) is 1.67. The summed E-state index contributed by atoms with van der Waals surface area (Å²) in [5.41, 5.74) is 0.898. The zero-order valence-corrected chi connectivity index (χ0v) is 15.3. The van der Waals surface area contributed by atoms with Gasteiger partial charge in [-0.2, -0.15) is 0 Å². The van der Waals surface area contributed by atoms with E-state index < -0.39 is 21.0 Å². The highest BCUT2D eigenvalue weighted by Gasteiger charge is 2.24. The highest BCUT2D eigenvalue weighted by molar-refractivity contribution is 7.92. The molecule has 2 atom stereocenters. The molecule has 0 aliphatic carbocycles. The molecule has 0 saturated carbocycles. The zero-order chi connectivity index (χ0) is 17.6. The van der Waals surface area contributed by atoms with Gasteiger partial charge in [0.05, 0.1) is 12.6 Å². The van der Waals surface area contributed by atoms with Crippen LogP contribution in [0.25, 0.3) is 0 Å². The lowest BCUT2D eigenvalue weighted by atomic mass is 10.1. The van der Waals surface area contributed by atoms with Crippen LogP contribution in [0.4, 0.5) is 0 Å². The van der Waals surface area contributed by atoms with Crippen molar-refractivity contribution < 1.29 is 17.9 Å². The first kappa shape index (κ1) is 19.5. The second-order valence-corrected chi connectivity index (χ2v) is 8.67. The highest BCUT2D eigenvalue weighted by Crippen LogP contribution is 2.18. The lowest BCUT2D eigenvalue weighted by Crippen LogP contribution is -2.38. The first-order chi connectivity index (χ1) is 10.6. The van der Waals surface area contributed by atoms with Crippen LogP contribution >= 0.6 is 0 Å². The fraction of sp³-hybridized carbons (Fsp3) is 0.588. The number of ether oxygens (including phenoxy) is 1. The van der Waals surface area contributed by atoms with Crippen molar-refractivity contribution in [1.29, 1.82) is 0 Å². The zero-order valence-electron chi connectivity index (χ0n) is 14.5. The van der Waals surface area contributed by atoms with Gasteiger partial charge in [0.25, 0.3) is 0 Å². The molecule has 0 radical (unpaired) electrons. The lowest BCUT2D eigenvalue weighted by molar-refractivity contribution is -0.121. The Hall–Kier alpha value is -1.56. The Morgan fingerprint density at radius 2 is 1.70 bits per heavy atom. The normalized spacial score (nSPS) is 14.3. The number of nitrogens with one attached hydrogen (secondary N) is 1. The van der Waals surface area contributed by atoms with Crippen molar-refractivity contribution in [2.24, 2.45) is 5.92 Å². The van der Waals surface area contributed by atoms with Crippen LogP contribution in [-0.4, -0.2) is 32.4 Å². The van der Waals surface area contributed by atoms with Crippen LogP contribution in [0.3, 0.4) is 0 Å². The molecule has 1 aromatic rings. The number of benzene rings is 1. The molecule has 0 aliphatic heterocycles. The summed E-state index contributed by atoms with van der Waals surface area (Å²) in [6, 6.07) is 7.20. The topological polar surface area (TPSA) is 72.5 Å². The van der Waals surface area contributed by atoms with E-state index in [4.69, 9.17) is 4.74 Å². The van der Waals surface area contributed by atoms with Crippen LogP contribution in [0.15, 0.2) is 24.3 Å². The second-order valence-electron chi connectivity index (χ2n) is 6.30. The third-order valence-electron chi connectivity index (χ3n) is 3.71. The van der Waals surface area contributed by atoms with Gasteiger partial charge in [-0.3, -0.25) is 4.79 Å². The number of sulfone groups is 1. The smallest absolute Gasteiger partial charge is 0.238 e. The molecule has 6 heteroatoms. The van der Waals surface area contributed by atoms with Gasteiger partial charge in [0.2, 0.25) is 5.91 Å². The van der Waals surface area contributed by atoms with Gasteiger partial charge in [-0.05, 0) is 43.9 Å². The van der Waals surface area contributed by atoms with E-state index in [1.165, 1.54) is 6.92 Å². The molecule has 0 aliphatic rings. The Labute approximate surface area is 139 Å². The second kappa shape index (κ2) is 8.34. The van der Waals surface area contributed by atoms with Crippen LogP contribution in [0, 0.1) is 5.92 Å². The third kappa shape index (κ3) is 6.60. The van der Waals surface area contributed by atoms with Crippen LogP contribution in [0.1, 0.15) is 45.7 Å². The number of hydrogen-bond acceptors (Lipinski definition) is 4. The molecule has 5 nitrogen and oxygen atoms in total. The van der Waals surface area contributed by atoms with Crippen LogP contribution in [0.2, 0.25) is 0 Å². The van der Waals surface area contributed by atoms with E-state index in [1.54, 1.807) is 0 Å². The standard InChI is InChI=1S/C17H27NO4S/c1-12(2)10-11-22-16-8-6-15(7-9-16)13(3)18-17(19)14(4)23(5,20)21/h6-9,12-14H,10-11H2,1-5H3,(H,18,19). The molecule has 0 fully saturated rings. The van der Waals surface area contributed by atoms with Crippen LogP contribution in [0.5, 0.6) is 5.75 Å². The van der Waals surface area contributed by atoms with E-state index in [0.29, 0.717) is 12.5 Å². The van der Waals surface area contributed by atoms with Gasteiger partial charge < -0.3 is 10.1 Å².